The van der Waals surface area contributed by atoms with E-state index in [0.29, 0.717) is 5.69 Å². The summed E-state index contributed by atoms with van der Waals surface area (Å²) in [7, 11) is 0. The Balaban J connectivity index is 3.07. The summed E-state index contributed by atoms with van der Waals surface area (Å²) in [6, 6.07) is 1.89. The summed E-state index contributed by atoms with van der Waals surface area (Å²) in [5, 5.41) is 15.1. The number of rotatable bonds is 2. The Morgan fingerprint density at radius 1 is 1.85 bits per heavy atom. The first-order valence-electron chi connectivity index (χ1n) is 3.25. The van der Waals surface area contributed by atoms with Gasteiger partial charge in [0.2, 0.25) is 0 Å². The van der Waals surface area contributed by atoms with Gasteiger partial charge in [0.05, 0.1) is 21.9 Å². The largest absolute Gasteiger partial charge is 0.389 e. The Hall–Kier alpha value is -1.19. The van der Waals surface area contributed by atoms with Gasteiger partial charge in [0.15, 0.2) is 0 Å². The Bertz CT molecular complexity index is 401. The van der Waals surface area contributed by atoms with Crippen LogP contribution < -0.4 is 5.73 Å². The molecule has 0 saturated carbocycles. The number of H-pyrrole nitrogens is 1. The van der Waals surface area contributed by atoms with Crippen molar-refractivity contribution < 1.29 is 0 Å². The topological polar surface area (TPSA) is 78.5 Å². The van der Waals surface area contributed by atoms with Crippen molar-refractivity contribution in [1.82, 2.24) is 10.2 Å². The van der Waals surface area contributed by atoms with E-state index in [1.165, 1.54) is 0 Å². The Labute approximate surface area is 88.6 Å². The van der Waals surface area contributed by atoms with Gasteiger partial charge in [-0.2, -0.15) is 10.4 Å². The molecular formula is C7H5BrN4S. The summed E-state index contributed by atoms with van der Waals surface area (Å²) in [5.74, 6) is 0. The zero-order valence-electron chi connectivity index (χ0n) is 6.41. The highest BCUT2D eigenvalue weighted by atomic mass is 79.9. The fourth-order valence-corrected chi connectivity index (χ4v) is 1.10. The highest BCUT2D eigenvalue weighted by molar-refractivity contribution is 9.10. The maximum atomic E-state index is 8.65. The average molecular weight is 257 g/mol. The molecule has 0 amide bonds. The van der Waals surface area contributed by atoms with Crippen molar-refractivity contribution in [2.24, 2.45) is 5.73 Å². The molecule has 0 unspecified atom stereocenters. The first kappa shape index (κ1) is 9.89. The zero-order valence-corrected chi connectivity index (χ0v) is 8.82. The molecule has 0 bridgehead atoms. The van der Waals surface area contributed by atoms with E-state index in [4.69, 9.17) is 11.0 Å². The Morgan fingerprint density at radius 3 is 2.92 bits per heavy atom. The molecule has 3 N–H and O–H groups in total. The number of hydrogen-bond acceptors (Lipinski definition) is 3. The van der Waals surface area contributed by atoms with Crippen LogP contribution in [0.25, 0.3) is 6.08 Å². The van der Waals surface area contributed by atoms with Crippen LogP contribution in [-0.4, -0.2) is 15.2 Å². The van der Waals surface area contributed by atoms with E-state index >= 15 is 0 Å². The molecule has 0 aliphatic rings. The van der Waals surface area contributed by atoms with E-state index in [0.717, 1.165) is 4.47 Å². The standard InChI is InChI=1S/C7H5BrN4S/c8-5-3-11-12-6(5)1-4(2-9)7(10)13/h1,3H,(H2,10,13)(H,11,12)/b4-1+. The minimum Gasteiger partial charge on any atom is -0.389 e. The van der Waals surface area contributed by atoms with Crippen LogP contribution in [0, 0.1) is 11.3 Å². The minimum atomic E-state index is 0.0731. The maximum absolute atomic E-state index is 8.65. The normalized spacial score (nSPS) is 10.9. The molecule has 0 spiro atoms. The molecule has 6 heteroatoms. The van der Waals surface area contributed by atoms with Crippen molar-refractivity contribution in [3.05, 3.63) is 21.9 Å². The molecule has 13 heavy (non-hydrogen) atoms. The minimum absolute atomic E-state index is 0.0731. The molecule has 0 aliphatic heterocycles. The van der Waals surface area contributed by atoms with Gasteiger partial charge in [-0.1, -0.05) is 12.2 Å². The van der Waals surface area contributed by atoms with Crippen molar-refractivity contribution in [1.29, 1.82) is 5.26 Å². The van der Waals surface area contributed by atoms with Gasteiger partial charge in [-0.3, -0.25) is 5.10 Å². The predicted molar refractivity (Wildman–Crippen MR) is 56.7 cm³/mol. The molecule has 1 aromatic rings. The molecular weight excluding hydrogens is 252 g/mol. The van der Waals surface area contributed by atoms with Crippen molar-refractivity contribution in [2.45, 2.75) is 0 Å². The van der Waals surface area contributed by atoms with Gasteiger partial charge in [-0.25, -0.2) is 0 Å². The number of nitriles is 1. The van der Waals surface area contributed by atoms with Crippen molar-refractivity contribution >= 4 is 39.2 Å². The molecule has 0 aliphatic carbocycles. The van der Waals surface area contributed by atoms with Gasteiger partial charge < -0.3 is 5.73 Å². The second-order valence-electron chi connectivity index (χ2n) is 2.17. The lowest BCUT2D eigenvalue weighted by Gasteiger charge is -1.92. The van der Waals surface area contributed by atoms with E-state index in [2.05, 4.69) is 38.3 Å². The van der Waals surface area contributed by atoms with Gasteiger partial charge in [-0.05, 0) is 22.0 Å². The highest BCUT2D eigenvalue weighted by Crippen LogP contribution is 2.15. The third-order valence-corrected chi connectivity index (χ3v) is 2.15. The number of nitrogens with two attached hydrogens (primary N) is 1. The summed E-state index contributed by atoms with van der Waals surface area (Å²) in [5.41, 5.74) is 6.23. The lowest BCUT2D eigenvalue weighted by molar-refractivity contribution is 1.08. The van der Waals surface area contributed by atoms with Crippen LogP contribution in [0.2, 0.25) is 0 Å². The van der Waals surface area contributed by atoms with Crippen LogP contribution in [0.4, 0.5) is 0 Å². The molecule has 1 rings (SSSR count). The number of thiocarbonyl (C=S) groups is 1. The second kappa shape index (κ2) is 4.16. The number of hydrogen-bond donors (Lipinski definition) is 2. The van der Waals surface area contributed by atoms with E-state index in [9.17, 15) is 0 Å². The summed E-state index contributed by atoms with van der Waals surface area (Å²) in [6.07, 6.45) is 3.12. The lowest BCUT2D eigenvalue weighted by atomic mass is 10.2. The van der Waals surface area contributed by atoms with Crippen molar-refractivity contribution in [3.8, 4) is 6.07 Å². The number of halogens is 1. The Kier molecular flexibility index (Phi) is 3.17. The molecule has 4 nitrogen and oxygen atoms in total. The van der Waals surface area contributed by atoms with E-state index in [1.54, 1.807) is 12.3 Å². The first-order chi connectivity index (χ1) is 6.15. The number of aromatic amines is 1. The third kappa shape index (κ3) is 2.37. The molecule has 0 atom stereocenters. The smallest absolute Gasteiger partial charge is 0.114 e. The SMILES string of the molecule is N#C/C(=C\c1[nH]ncc1Br)C(N)=S. The van der Waals surface area contributed by atoms with E-state index in [1.807, 2.05) is 6.07 Å². The number of nitrogens with zero attached hydrogens (tertiary/aromatic N) is 2. The molecule has 66 valence electrons. The van der Waals surface area contributed by atoms with Gasteiger partial charge in [0.1, 0.15) is 11.1 Å². The summed E-state index contributed by atoms with van der Waals surface area (Å²) in [4.78, 5) is 0.0731. The Morgan fingerprint density at radius 2 is 2.54 bits per heavy atom. The quantitative estimate of drug-likeness (QED) is 0.476. The molecule has 0 saturated heterocycles. The molecule has 1 aromatic heterocycles. The van der Waals surface area contributed by atoms with Crippen LogP contribution in [0.1, 0.15) is 5.69 Å². The highest BCUT2D eigenvalue weighted by Gasteiger charge is 2.03. The maximum Gasteiger partial charge on any atom is 0.114 e. The van der Waals surface area contributed by atoms with Crippen LogP contribution >= 0.6 is 28.1 Å². The molecule has 1 heterocycles. The van der Waals surface area contributed by atoms with Crippen molar-refractivity contribution in [2.75, 3.05) is 0 Å². The fraction of sp³-hybridized carbons (Fsp3) is 0. The van der Waals surface area contributed by atoms with Crippen LogP contribution in [-0.2, 0) is 0 Å². The number of nitrogens with one attached hydrogen (secondary N) is 1. The summed E-state index contributed by atoms with van der Waals surface area (Å²) in [6.45, 7) is 0. The molecule has 0 radical (unpaired) electrons. The van der Waals surface area contributed by atoms with Crippen LogP contribution in [0.3, 0.4) is 0 Å². The number of aromatic nitrogens is 2. The zero-order chi connectivity index (χ0) is 9.84. The summed E-state index contributed by atoms with van der Waals surface area (Å²) < 4.78 is 0.761. The van der Waals surface area contributed by atoms with Gasteiger partial charge in [-0.15, -0.1) is 0 Å². The van der Waals surface area contributed by atoms with Gasteiger partial charge in [0, 0.05) is 0 Å². The van der Waals surface area contributed by atoms with Crippen LogP contribution in [0.5, 0.6) is 0 Å². The average Bonchev–Trinajstić information content (AvgIpc) is 2.46. The first-order valence-corrected chi connectivity index (χ1v) is 4.45. The van der Waals surface area contributed by atoms with Crippen LogP contribution in [0.15, 0.2) is 16.2 Å². The van der Waals surface area contributed by atoms with Gasteiger partial charge in [0.25, 0.3) is 0 Å². The third-order valence-electron chi connectivity index (χ3n) is 1.29. The monoisotopic (exact) mass is 256 g/mol. The van der Waals surface area contributed by atoms with E-state index in [-0.39, 0.29) is 10.6 Å². The molecule has 0 aromatic carbocycles. The predicted octanol–water partition coefficient (Wildman–Crippen LogP) is 1.37. The van der Waals surface area contributed by atoms with E-state index < -0.39 is 0 Å². The van der Waals surface area contributed by atoms with Crippen molar-refractivity contribution in [3.63, 3.8) is 0 Å². The summed E-state index contributed by atoms with van der Waals surface area (Å²) >= 11 is 7.91. The molecule has 0 fully saturated rings. The fourth-order valence-electron chi connectivity index (χ4n) is 0.685. The van der Waals surface area contributed by atoms with Gasteiger partial charge >= 0.3 is 0 Å². The second-order valence-corrected chi connectivity index (χ2v) is 3.46. The lowest BCUT2D eigenvalue weighted by Crippen LogP contribution is -2.09.